The van der Waals surface area contributed by atoms with Crippen molar-refractivity contribution < 1.29 is 4.42 Å². The lowest BCUT2D eigenvalue weighted by Gasteiger charge is -2.03. The van der Waals surface area contributed by atoms with Gasteiger partial charge in [-0.2, -0.15) is 4.98 Å². The number of para-hydroxylation sites is 2. The second-order valence-corrected chi connectivity index (χ2v) is 4.81. The van der Waals surface area contributed by atoms with Gasteiger partial charge < -0.3 is 15.5 Å². The van der Waals surface area contributed by atoms with Crippen LogP contribution in [0.25, 0.3) is 11.1 Å². The van der Waals surface area contributed by atoms with Gasteiger partial charge in [-0.3, -0.25) is 0 Å². The fourth-order valence-corrected chi connectivity index (χ4v) is 2.26. The van der Waals surface area contributed by atoms with E-state index in [-0.39, 0.29) is 0 Å². The highest BCUT2D eigenvalue weighted by Gasteiger charge is 2.11. The molecule has 0 aliphatic rings. The third-order valence-electron chi connectivity index (χ3n) is 2.61. The molecular weight excluding hydrogens is 285 g/mol. The molecule has 0 aliphatic carbocycles. The smallest absolute Gasteiger partial charge is 0.300 e. The number of nitrogens with two attached hydrogens (primary N) is 1. The van der Waals surface area contributed by atoms with Gasteiger partial charge in [0.05, 0.1) is 16.4 Å². The molecule has 0 amide bonds. The van der Waals surface area contributed by atoms with Crippen LogP contribution < -0.4 is 11.1 Å². The van der Waals surface area contributed by atoms with Gasteiger partial charge >= 0.3 is 0 Å². The number of fused-ring (bicyclic) bond motifs is 1. The number of nitrogens with one attached hydrogen (secondary N) is 1. The number of hydrogen-bond donors (Lipinski definition) is 2. The van der Waals surface area contributed by atoms with Crippen LogP contribution in [0.4, 0.5) is 17.4 Å². The first-order chi connectivity index (χ1) is 9.13. The van der Waals surface area contributed by atoms with Gasteiger partial charge in [0.15, 0.2) is 5.58 Å². The lowest BCUT2D eigenvalue weighted by Crippen LogP contribution is -1.95. The van der Waals surface area contributed by atoms with Gasteiger partial charge in [-0.25, -0.2) is 0 Å². The first kappa shape index (κ1) is 12.1. The number of benzene rings is 2. The molecule has 3 aromatic rings. The first-order valence-corrected chi connectivity index (χ1v) is 6.26. The van der Waals surface area contributed by atoms with E-state index in [2.05, 4.69) is 10.3 Å². The van der Waals surface area contributed by atoms with Gasteiger partial charge in [0.25, 0.3) is 6.01 Å². The van der Waals surface area contributed by atoms with Crippen molar-refractivity contribution in [3.8, 4) is 0 Å². The van der Waals surface area contributed by atoms with Gasteiger partial charge in [-0.1, -0.05) is 35.3 Å². The van der Waals surface area contributed by atoms with Crippen molar-refractivity contribution in [2.75, 3.05) is 11.1 Å². The molecule has 0 bridgehead atoms. The molecule has 3 rings (SSSR count). The quantitative estimate of drug-likeness (QED) is 0.685. The molecule has 0 aliphatic heterocycles. The SMILES string of the molecule is Nc1ccccc1Nc1nc2cc(Cl)cc(Cl)c2o1. The molecule has 0 saturated carbocycles. The van der Waals surface area contributed by atoms with Crippen molar-refractivity contribution in [3.05, 3.63) is 46.4 Å². The maximum Gasteiger partial charge on any atom is 0.300 e. The van der Waals surface area contributed by atoms with Crippen molar-refractivity contribution in [3.63, 3.8) is 0 Å². The highest BCUT2D eigenvalue weighted by atomic mass is 35.5. The lowest BCUT2D eigenvalue weighted by molar-refractivity contribution is 0.623. The summed E-state index contributed by atoms with van der Waals surface area (Å²) in [6.45, 7) is 0. The van der Waals surface area contributed by atoms with E-state index in [9.17, 15) is 0 Å². The summed E-state index contributed by atoms with van der Waals surface area (Å²) in [5, 5.41) is 3.93. The van der Waals surface area contributed by atoms with E-state index in [1.165, 1.54) is 0 Å². The maximum atomic E-state index is 6.04. The minimum Gasteiger partial charge on any atom is -0.422 e. The van der Waals surface area contributed by atoms with Crippen molar-refractivity contribution in [1.82, 2.24) is 4.98 Å². The Morgan fingerprint density at radius 1 is 1.16 bits per heavy atom. The second-order valence-electron chi connectivity index (χ2n) is 3.97. The average molecular weight is 294 g/mol. The number of nitrogen functional groups attached to an aromatic ring is 1. The molecule has 3 N–H and O–H groups in total. The van der Waals surface area contributed by atoms with E-state index in [0.29, 0.717) is 32.8 Å². The minimum atomic E-state index is 0.317. The molecule has 0 atom stereocenters. The summed E-state index contributed by atoms with van der Waals surface area (Å²) < 4.78 is 5.54. The highest BCUT2D eigenvalue weighted by molar-refractivity contribution is 6.38. The predicted octanol–water partition coefficient (Wildman–Crippen LogP) is 4.46. The number of hydrogen-bond acceptors (Lipinski definition) is 4. The molecule has 0 spiro atoms. The van der Waals surface area contributed by atoms with Gasteiger partial charge in [0, 0.05) is 5.02 Å². The Morgan fingerprint density at radius 2 is 1.95 bits per heavy atom. The number of aromatic nitrogens is 1. The summed E-state index contributed by atoms with van der Waals surface area (Å²) in [4.78, 5) is 4.27. The number of oxazole rings is 1. The Bertz CT molecular complexity index is 755. The molecular formula is C13H9Cl2N3O. The van der Waals surface area contributed by atoms with Crippen molar-refractivity contribution in [1.29, 1.82) is 0 Å². The van der Waals surface area contributed by atoms with Crippen LogP contribution in [0, 0.1) is 0 Å². The van der Waals surface area contributed by atoms with Crippen LogP contribution in [0.5, 0.6) is 0 Å². The largest absolute Gasteiger partial charge is 0.422 e. The van der Waals surface area contributed by atoms with E-state index in [1.54, 1.807) is 18.2 Å². The average Bonchev–Trinajstić information content (AvgIpc) is 2.75. The zero-order chi connectivity index (χ0) is 13.4. The first-order valence-electron chi connectivity index (χ1n) is 5.50. The van der Waals surface area contributed by atoms with Crippen molar-refractivity contribution in [2.45, 2.75) is 0 Å². The number of rotatable bonds is 2. The Labute approximate surface area is 119 Å². The molecule has 0 radical (unpaired) electrons. The van der Waals surface area contributed by atoms with Crippen LogP contribution in [0.15, 0.2) is 40.8 Å². The van der Waals surface area contributed by atoms with E-state index in [0.717, 1.165) is 5.69 Å². The molecule has 1 heterocycles. The van der Waals surface area contributed by atoms with Crippen LogP contribution in [-0.4, -0.2) is 4.98 Å². The molecule has 0 fully saturated rings. The molecule has 19 heavy (non-hydrogen) atoms. The summed E-state index contributed by atoms with van der Waals surface area (Å²) in [6, 6.07) is 10.9. The Kier molecular flexibility index (Phi) is 2.97. The molecule has 4 nitrogen and oxygen atoms in total. The van der Waals surface area contributed by atoms with E-state index in [1.807, 2.05) is 18.2 Å². The predicted molar refractivity (Wildman–Crippen MR) is 78.2 cm³/mol. The lowest BCUT2D eigenvalue weighted by atomic mass is 10.3. The fourth-order valence-electron chi connectivity index (χ4n) is 1.74. The van der Waals surface area contributed by atoms with Crippen LogP contribution in [-0.2, 0) is 0 Å². The second kappa shape index (κ2) is 4.64. The third kappa shape index (κ3) is 2.32. The highest BCUT2D eigenvalue weighted by Crippen LogP contribution is 2.31. The molecule has 2 aromatic carbocycles. The summed E-state index contributed by atoms with van der Waals surface area (Å²) in [5.41, 5.74) is 8.24. The van der Waals surface area contributed by atoms with Gasteiger partial charge in [-0.05, 0) is 24.3 Å². The topological polar surface area (TPSA) is 64.1 Å². The van der Waals surface area contributed by atoms with Gasteiger partial charge in [0.2, 0.25) is 0 Å². The van der Waals surface area contributed by atoms with Crippen molar-refractivity contribution in [2.24, 2.45) is 0 Å². The zero-order valence-electron chi connectivity index (χ0n) is 9.65. The molecule has 0 unspecified atom stereocenters. The van der Waals surface area contributed by atoms with Crippen LogP contribution in [0.1, 0.15) is 0 Å². The van der Waals surface area contributed by atoms with Crippen molar-refractivity contribution >= 4 is 51.7 Å². The van der Waals surface area contributed by atoms with E-state index in [4.69, 9.17) is 33.4 Å². The summed E-state index contributed by atoms with van der Waals surface area (Å²) >= 11 is 12.0. The standard InChI is InChI=1S/C13H9Cl2N3O/c14-7-5-8(15)12-11(6-7)18-13(19-12)17-10-4-2-1-3-9(10)16/h1-6H,16H2,(H,17,18). The van der Waals surface area contributed by atoms with Crippen LogP contribution in [0.2, 0.25) is 10.0 Å². The van der Waals surface area contributed by atoms with Crippen LogP contribution >= 0.6 is 23.2 Å². The van der Waals surface area contributed by atoms with E-state index < -0.39 is 0 Å². The van der Waals surface area contributed by atoms with Gasteiger partial charge in [-0.15, -0.1) is 0 Å². The molecule has 0 saturated heterocycles. The summed E-state index contributed by atoms with van der Waals surface area (Å²) in [5.74, 6) is 0. The Morgan fingerprint density at radius 3 is 2.74 bits per heavy atom. The van der Waals surface area contributed by atoms with E-state index >= 15 is 0 Å². The number of nitrogens with zero attached hydrogens (tertiary/aromatic N) is 1. The van der Waals surface area contributed by atoms with Gasteiger partial charge in [0.1, 0.15) is 5.52 Å². The Balaban J connectivity index is 2.03. The Hall–Kier alpha value is -1.91. The fraction of sp³-hybridized carbons (Fsp3) is 0. The minimum absolute atomic E-state index is 0.317. The molecule has 6 heteroatoms. The maximum absolute atomic E-state index is 6.04. The number of anilines is 3. The summed E-state index contributed by atoms with van der Waals surface area (Å²) in [6.07, 6.45) is 0. The molecule has 1 aromatic heterocycles. The monoisotopic (exact) mass is 293 g/mol. The third-order valence-corrected chi connectivity index (χ3v) is 3.11. The summed E-state index contributed by atoms with van der Waals surface area (Å²) in [7, 11) is 0. The normalized spacial score (nSPS) is 10.8. The molecule has 96 valence electrons. The van der Waals surface area contributed by atoms with Crippen LogP contribution in [0.3, 0.4) is 0 Å². The number of halogens is 2. The zero-order valence-corrected chi connectivity index (χ0v) is 11.2.